The first-order valence-electron chi connectivity index (χ1n) is 11.3. The molecule has 0 aliphatic rings. The fraction of sp³-hybridized carbons (Fsp3) is 0.625. The number of rotatable bonds is 18. The van der Waals surface area contributed by atoms with Crippen LogP contribution in [-0.4, -0.2) is 67.1 Å². The van der Waals surface area contributed by atoms with Crippen LogP contribution in [-0.2, 0) is 30.3 Å². The number of ether oxygens (including phenoxy) is 3. The molecule has 0 aliphatic heterocycles. The highest BCUT2D eigenvalue weighted by atomic mass is 16.6. The van der Waals surface area contributed by atoms with E-state index in [-0.39, 0.29) is 25.5 Å². The average molecular weight is 468 g/mol. The lowest BCUT2D eigenvalue weighted by molar-refractivity contribution is -0.150. The molecule has 9 nitrogen and oxygen atoms in total. The van der Waals surface area contributed by atoms with E-state index in [4.69, 9.17) is 24.4 Å². The number of methoxy groups -OCH3 is 1. The van der Waals surface area contributed by atoms with Gasteiger partial charge in [-0.05, 0) is 37.0 Å². The Kier molecular flexibility index (Phi) is 13.8. The molecule has 0 amide bonds. The number of carbonyl (C=O) groups is 3. The van der Waals surface area contributed by atoms with Crippen LogP contribution in [0, 0.1) is 5.92 Å². The third kappa shape index (κ3) is 13.5. The summed E-state index contributed by atoms with van der Waals surface area (Å²) in [5.41, 5.74) is 1.14. The summed E-state index contributed by atoms with van der Waals surface area (Å²) in [6, 6.07) is 7.90. The van der Waals surface area contributed by atoms with Gasteiger partial charge in [0, 0.05) is 26.1 Å². The molecule has 1 rings (SSSR count). The number of esters is 1. The van der Waals surface area contributed by atoms with Crippen molar-refractivity contribution in [2.24, 2.45) is 5.92 Å². The molecular weight excluding hydrogens is 430 g/mol. The van der Waals surface area contributed by atoms with Crippen LogP contribution in [0.1, 0.15) is 51.5 Å². The fourth-order valence-electron chi connectivity index (χ4n) is 3.09. The van der Waals surface area contributed by atoms with Crippen LogP contribution in [0.3, 0.4) is 0 Å². The van der Waals surface area contributed by atoms with E-state index in [2.05, 4.69) is 5.32 Å². The summed E-state index contributed by atoms with van der Waals surface area (Å²) >= 11 is 0. The molecule has 0 aliphatic carbocycles. The number of benzene rings is 1. The highest BCUT2D eigenvalue weighted by Gasteiger charge is 2.21. The van der Waals surface area contributed by atoms with Crippen molar-refractivity contribution in [3.8, 4) is 5.75 Å². The monoisotopic (exact) mass is 467 g/mol. The summed E-state index contributed by atoms with van der Waals surface area (Å²) < 4.78 is 16.5. The first-order chi connectivity index (χ1) is 15.7. The van der Waals surface area contributed by atoms with Gasteiger partial charge in [-0.1, -0.05) is 32.4 Å². The van der Waals surface area contributed by atoms with Crippen molar-refractivity contribution in [3.63, 3.8) is 0 Å². The predicted molar refractivity (Wildman–Crippen MR) is 122 cm³/mol. The van der Waals surface area contributed by atoms with Crippen LogP contribution in [0.5, 0.6) is 5.75 Å². The van der Waals surface area contributed by atoms with Crippen molar-refractivity contribution in [1.82, 2.24) is 5.32 Å². The van der Waals surface area contributed by atoms with Crippen molar-refractivity contribution >= 4 is 17.9 Å². The van der Waals surface area contributed by atoms with Gasteiger partial charge in [0.1, 0.15) is 18.5 Å². The molecule has 33 heavy (non-hydrogen) atoms. The Morgan fingerprint density at radius 3 is 2.33 bits per heavy atom. The second-order valence-electron chi connectivity index (χ2n) is 8.25. The SMILES string of the molecule is COCCc1ccc(OCC(CNC(C)C)OC(=O)CCCCC(CC(=O)O)C(=O)O)cc1. The van der Waals surface area contributed by atoms with Gasteiger partial charge in [0.15, 0.2) is 0 Å². The highest BCUT2D eigenvalue weighted by Crippen LogP contribution is 2.16. The zero-order valence-corrected chi connectivity index (χ0v) is 19.7. The number of hydrogen-bond acceptors (Lipinski definition) is 7. The summed E-state index contributed by atoms with van der Waals surface area (Å²) in [4.78, 5) is 34.1. The zero-order valence-electron chi connectivity index (χ0n) is 19.7. The van der Waals surface area contributed by atoms with E-state index >= 15 is 0 Å². The maximum Gasteiger partial charge on any atom is 0.307 e. The second-order valence-corrected chi connectivity index (χ2v) is 8.25. The van der Waals surface area contributed by atoms with E-state index in [9.17, 15) is 14.4 Å². The van der Waals surface area contributed by atoms with E-state index in [1.165, 1.54) is 0 Å². The predicted octanol–water partition coefficient (Wildman–Crippen LogP) is 2.90. The Bertz CT molecular complexity index is 720. The molecule has 9 heteroatoms. The van der Waals surface area contributed by atoms with Gasteiger partial charge in [-0.25, -0.2) is 0 Å². The van der Waals surface area contributed by atoms with Crippen LogP contribution in [0.2, 0.25) is 0 Å². The van der Waals surface area contributed by atoms with Gasteiger partial charge < -0.3 is 29.7 Å². The third-order valence-electron chi connectivity index (χ3n) is 4.96. The molecule has 2 unspecified atom stereocenters. The minimum atomic E-state index is -1.15. The minimum absolute atomic E-state index is 0.131. The van der Waals surface area contributed by atoms with Crippen LogP contribution in [0.25, 0.3) is 0 Å². The Morgan fingerprint density at radius 2 is 1.76 bits per heavy atom. The van der Waals surface area contributed by atoms with Crippen LogP contribution in [0.15, 0.2) is 24.3 Å². The van der Waals surface area contributed by atoms with Gasteiger partial charge >= 0.3 is 17.9 Å². The smallest absolute Gasteiger partial charge is 0.307 e. The molecule has 0 radical (unpaired) electrons. The Labute approximate surface area is 195 Å². The number of aliphatic carboxylic acids is 2. The molecule has 0 bridgehead atoms. The number of nitrogens with one attached hydrogen (secondary N) is 1. The molecule has 0 saturated carbocycles. The topological polar surface area (TPSA) is 131 Å². The van der Waals surface area contributed by atoms with E-state index in [1.807, 2.05) is 38.1 Å². The zero-order chi connectivity index (χ0) is 24.6. The van der Waals surface area contributed by atoms with Crippen molar-refractivity contribution in [3.05, 3.63) is 29.8 Å². The number of unbranched alkanes of at least 4 members (excludes halogenated alkanes) is 1. The van der Waals surface area contributed by atoms with Gasteiger partial charge in [-0.15, -0.1) is 0 Å². The first-order valence-corrected chi connectivity index (χ1v) is 11.3. The van der Waals surface area contributed by atoms with Crippen LogP contribution < -0.4 is 10.1 Å². The minimum Gasteiger partial charge on any atom is -0.490 e. The summed E-state index contributed by atoms with van der Waals surface area (Å²) in [7, 11) is 1.66. The third-order valence-corrected chi connectivity index (χ3v) is 4.96. The molecule has 1 aromatic carbocycles. The lowest BCUT2D eigenvalue weighted by atomic mass is 9.98. The molecule has 1 aromatic rings. The van der Waals surface area contributed by atoms with E-state index in [0.29, 0.717) is 31.7 Å². The normalized spacial score (nSPS) is 12.8. The van der Waals surface area contributed by atoms with E-state index < -0.39 is 36.4 Å². The van der Waals surface area contributed by atoms with Crippen molar-refractivity contribution in [2.75, 3.05) is 26.9 Å². The van der Waals surface area contributed by atoms with Crippen molar-refractivity contribution in [2.45, 2.75) is 64.5 Å². The molecule has 0 fully saturated rings. The summed E-state index contributed by atoms with van der Waals surface area (Å²) in [5.74, 6) is -2.94. The number of hydrogen-bond donors (Lipinski definition) is 3. The number of carboxylic acids is 2. The molecular formula is C24H37NO8. The quantitative estimate of drug-likeness (QED) is 0.220. The molecule has 2 atom stereocenters. The van der Waals surface area contributed by atoms with Crippen molar-refractivity contribution < 1.29 is 38.8 Å². The maximum absolute atomic E-state index is 12.3. The van der Waals surface area contributed by atoms with Gasteiger partial charge in [0.25, 0.3) is 0 Å². The maximum atomic E-state index is 12.3. The van der Waals surface area contributed by atoms with Gasteiger partial charge in [-0.2, -0.15) is 0 Å². The molecule has 0 heterocycles. The summed E-state index contributed by atoms with van der Waals surface area (Å²) in [6.07, 6.45) is 1.11. The molecule has 0 spiro atoms. The molecule has 0 aromatic heterocycles. The highest BCUT2D eigenvalue weighted by molar-refractivity contribution is 5.77. The average Bonchev–Trinajstić information content (AvgIpc) is 2.76. The lowest BCUT2D eigenvalue weighted by Crippen LogP contribution is -2.38. The Morgan fingerprint density at radius 1 is 1.06 bits per heavy atom. The van der Waals surface area contributed by atoms with Gasteiger partial charge in [-0.3, -0.25) is 14.4 Å². The second kappa shape index (κ2) is 16.0. The van der Waals surface area contributed by atoms with E-state index in [0.717, 1.165) is 12.0 Å². The van der Waals surface area contributed by atoms with Crippen LogP contribution >= 0.6 is 0 Å². The largest absolute Gasteiger partial charge is 0.490 e. The standard InChI is InChI=1S/C24H37NO8/c1-17(2)25-15-21(16-32-20-10-8-18(9-11-20)12-13-31-3)33-23(28)7-5-4-6-19(24(29)30)14-22(26)27/h8-11,17,19,21,25H,4-7,12-16H2,1-3H3,(H,26,27)(H,29,30). The molecule has 3 N–H and O–H groups in total. The van der Waals surface area contributed by atoms with Crippen molar-refractivity contribution in [1.29, 1.82) is 0 Å². The number of carbonyl (C=O) groups excluding carboxylic acids is 1. The Hall–Kier alpha value is -2.65. The summed E-state index contributed by atoms with van der Waals surface area (Å²) in [6.45, 7) is 5.27. The summed E-state index contributed by atoms with van der Waals surface area (Å²) in [5, 5.41) is 21.1. The van der Waals surface area contributed by atoms with Gasteiger partial charge in [0.05, 0.1) is 18.9 Å². The first kappa shape index (κ1) is 28.4. The van der Waals surface area contributed by atoms with Crippen LogP contribution in [0.4, 0.5) is 0 Å². The number of carboxylic acid groups (broad SMARTS) is 2. The fourth-order valence-corrected chi connectivity index (χ4v) is 3.09. The lowest BCUT2D eigenvalue weighted by Gasteiger charge is -2.20. The Balaban J connectivity index is 2.48. The van der Waals surface area contributed by atoms with E-state index in [1.54, 1.807) is 7.11 Å². The van der Waals surface area contributed by atoms with Gasteiger partial charge in [0.2, 0.25) is 0 Å². The molecule has 186 valence electrons. The molecule has 0 saturated heterocycles.